The molecule has 0 amide bonds. The molecule has 0 bridgehead atoms. The number of aromatic nitrogens is 2. The van der Waals surface area contributed by atoms with Crippen LogP contribution in [0.25, 0.3) is 0 Å². The molecule has 1 aliphatic heterocycles. The summed E-state index contributed by atoms with van der Waals surface area (Å²) in [6.45, 7) is 5.96. The Morgan fingerprint density at radius 2 is 2.00 bits per heavy atom. The Bertz CT molecular complexity index is 732. The Labute approximate surface area is 177 Å². The van der Waals surface area contributed by atoms with Crippen molar-refractivity contribution in [1.29, 1.82) is 0 Å². The van der Waals surface area contributed by atoms with Crippen LogP contribution >= 0.6 is 24.0 Å². The molecule has 1 saturated heterocycles. The Hall–Kier alpha value is -1.68. The fraction of sp³-hybridized carbons (Fsp3) is 0.526. The molecule has 0 saturated carbocycles. The standard InChI is InChI=1S/C19H27N5O2.HI/c1-13-6-8-15(9-7-13)18-16(5-4-10-25-18)11-21-19(20-3)22-12-17-23-14(2)24-26-17;/h6-9,16,18H,4-5,10-12H2,1-3H3,(H2,20,21,22);1H. The first kappa shape index (κ1) is 21.6. The largest absolute Gasteiger partial charge is 0.373 e. The molecular weight excluding hydrogens is 457 g/mol. The van der Waals surface area contributed by atoms with Crippen molar-refractivity contribution in [3.05, 3.63) is 47.1 Å². The molecule has 2 N–H and O–H groups in total. The first-order valence-electron chi connectivity index (χ1n) is 9.07. The van der Waals surface area contributed by atoms with Crippen molar-refractivity contribution in [2.75, 3.05) is 20.2 Å². The number of hydrogen-bond donors (Lipinski definition) is 2. The number of rotatable bonds is 5. The van der Waals surface area contributed by atoms with Crippen LogP contribution in [-0.4, -0.2) is 36.3 Å². The fourth-order valence-electron chi connectivity index (χ4n) is 3.20. The van der Waals surface area contributed by atoms with Gasteiger partial charge in [-0.25, -0.2) is 0 Å². The number of nitrogens with one attached hydrogen (secondary N) is 2. The van der Waals surface area contributed by atoms with Crippen molar-refractivity contribution < 1.29 is 9.26 Å². The topological polar surface area (TPSA) is 84.6 Å². The molecule has 1 aromatic heterocycles. The van der Waals surface area contributed by atoms with Gasteiger partial charge in [-0.15, -0.1) is 24.0 Å². The molecule has 27 heavy (non-hydrogen) atoms. The zero-order chi connectivity index (χ0) is 18.4. The maximum absolute atomic E-state index is 6.08. The van der Waals surface area contributed by atoms with Crippen molar-refractivity contribution in [2.24, 2.45) is 10.9 Å². The molecule has 0 aliphatic carbocycles. The van der Waals surface area contributed by atoms with Crippen molar-refractivity contribution in [3.8, 4) is 0 Å². The maximum atomic E-state index is 6.08. The number of halogens is 1. The molecule has 1 fully saturated rings. The van der Waals surface area contributed by atoms with Crippen LogP contribution in [0.1, 0.15) is 41.8 Å². The third kappa shape index (κ3) is 6.17. The van der Waals surface area contributed by atoms with Gasteiger partial charge in [0.15, 0.2) is 11.8 Å². The van der Waals surface area contributed by atoms with Crippen LogP contribution in [0.5, 0.6) is 0 Å². The van der Waals surface area contributed by atoms with Crippen molar-refractivity contribution in [3.63, 3.8) is 0 Å². The summed E-state index contributed by atoms with van der Waals surface area (Å²) in [5.41, 5.74) is 2.51. The van der Waals surface area contributed by atoms with Crippen LogP contribution in [0.15, 0.2) is 33.8 Å². The van der Waals surface area contributed by atoms with Crippen LogP contribution in [-0.2, 0) is 11.3 Å². The molecule has 0 spiro atoms. The van der Waals surface area contributed by atoms with Crippen molar-refractivity contribution >= 4 is 29.9 Å². The van der Waals surface area contributed by atoms with Gasteiger partial charge in [0.2, 0.25) is 5.89 Å². The number of ether oxygens (including phenoxy) is 1. The smallest absolute Gasteiger partial charge is 0.246 e. The molecule has 2 unspecified atom stereocenters. The fourth-order valence-corrected chi connectivity index (χ4v) is 3.20. The molecule has 7 nitrogen and oxygen atoms in total. The summed E-state index contributed by atoms with van der Waals surface area (Å²) >= 11 is 0. The zero-order valence-corrected chi connectivity index (χ0v) is 18.4. The molecular formula is C19H28IN5O2. The van der Waals surface area contributed by atoms with Gasteiger partial charge in [0.25, 0.3) is 0 Å². The quantitative estimate of drug-likeness (QED) is 0.385. The van der Waals surface area contributed by atoms with Crippen molar-refractivity contribution in [1.82, 2.24) is 20.8 Å². The van der Waals surface area contributed by atoms with E-state index in [2.05, 4.69) is 57.0 Å². The second-order valence-corrected chi connectivity index (χ2v) is 6.65. The van der Waals surface area contributed by atoms with Gasteiger partial charge in [0, 0.05) is 26.1 Å². The SMILES string of the molecule is CN=C(NCc1nc(C)no1)NCC1CCCOC1c1ccc(C)cc1.I. The summed E-state index contributed by atoms with van der Waals surface area (Å²) in [4.78, 5) is 8.45. The second-order valence-electron chi connectivity index (χ2n) is 6.65. The summed E-state index contributed by atoms with van der Waals surface area (Å²) in [5, 5.41) is 10.4. The number of aryl methyl sites for hydroxylation is 2. The number of guanidine groups is 1. The third-order valence-electron chi connectivity index (χ3n) is 4.58. The van der Waals surface area contributed by atoms with Gasteiger partial charge in [-0.05, 0) is 32.3 Å². The highest BCUT2D eigenvalue weighted by molar-refractivity contribution is 14.0. The Kier molecular flexibility index (Phi) is 8.49. The molecule has 148 valence electrons. The van der Waals surface area contributed by atoms with E-state index in [9.17, 15) is 0 Å². The Morgan fingerprint density at radius 1 is 1.22 bits per heavy atom. The van der Waals surface area contributed by atoms with E-state index in [1.165, 1.54) is 11.1 Å². The van der Waals surface area contributed by atoms with Crippen LogP contribution in [0.3, 0.4) is 0 Å². The molecule has 2 atom stereocenters. The van der Waals surface area contributed by atoms with E-state index in [-0.39, 0.29) is 30.1 Å². The van der Waals surface area contributed by atoms with E-state index in [1.807, 2.05) is 0 Å². The molecule has 2 aromatic rings. The lowest BCUT2D eigenvalue weighted by Gasteiger charge is -2.32. The van der Waals surface area contributed by atoms with Crippen LogP contribution in [0.4, 0.5) is 0 Å². The van der Waals surface area contributed by atoms with Crippen LogP contribution < -0.4 is 10.6 Å². The number of hydrogen-bond acceptors (Lipinski definition) is 5. The monoisotopic (exact) mass is 485 g/mol. The normalized spacial score (nSPS) is 20.0. The second kappa shape index (κ2) is 10.6. The predicted molar refractivity (Wildman–Crippen MR) is 115 cm³/mol. The van der Waals surface area contributed by atoms with Gasteiger partial charge >= 0.3 is 0 Å². The summed E-state index contributed by atoms with van der Waals surface area (Å²) in [6.07, 6.45) is 2.33. The summed E-state index contributed by atoms with van der Waals surface area (Å²) in [5.74, 6) is 2.29. The van der Waals surface area contributed by atoms with Gasteiger partial charge in [-0.1, -0.05) is 35.0 Å². The lowest BCUT2D eigenvalue weighted by atomic mass is 9.89. The molecule has 8 heteroatoms. The molecule has 3 rings (SSSR count). The number of benzene rings is 1. The van der Waals surface area contributed by atoms with Gasteiger partial charge in [-0.2, -0.15) is 4.98 Å². The van der Waals surface area contributed by atoms with E-state index < -0.39 is 0 Å². The van der Waals surface area contributed by atoms with Gasteiger partial charge in [0.05, 0.1) is 12.6 Å². The van der Waals surface area contributed by atoms with Gasteiger partial charge in [0.1, 0.15) is 0 Å². The lowest BCUT2D eigenvalue weighted by molar-refractivity contribution is -0.0265. The summed E-state index contributed by atoms with van der Waals surface area (Å²) < 4.78 is 11.2. The van der Waals surface area contributed by atoms with E-state index in [1.54, 1.807) is 14.0 Å². The lowest BCUT2D eigenvalue weighted by Crippen LogP contribution is -2.41. The van der Waals surface area contributed by atoms with E-state index in [0.717, 1.165) is 26.0 Å². The minimum Gasteiger partial charge on any atom is -0.373 e. The van der Waals surface area contributed by atoms with Crippen molar-refractivity contribution in [2.45, 2.75) is 39.3 Å². The first-order chi connectivity index (χ1) is 12.7. The minimum absolute atomic E-state index is 0. The molecule has 0 radical (unpaired) electrons. The average molecular weight is 485 g/mol. The van der Waals surface area contributed by atoms with Gasteiger partial charge < -0.3 is 19.9 Å². The van der Waals surface area contributed by atoms with Crippen LogP contribution in [0.2, 0.25) is 0 Å². The van der Waals surface area contributed by atoms with E-state index in [4.69, 9.17) is 9.26 Å². The third-order valence-corrected chi connectivity index (χ3v) is 4.58. The van der Waals surface area contributed by atoms with E-state index >= 15 is 0 Å². The first-order valence-corrected chi connectivity index (χ1v) is 9.07. The van der Waals surface area contributed by atoms with Gasteiger partial charge in [-0.3, -0.25) is 4.99 Å². The molecule has 2 heterocycles. The number of nitrogens with zero attached hydrogens (tertiary/aromatic N) is 3. The number of aliphatic imine (C=N–C) groups is 1. The summed E-state index contributed by atoms with van der Waals surface area (Å²) in [6, 6.07) is 8.63. The highest BCUT2D eigenvalue weighted by Crippen LogP contribution is 2.33. The Balaban J connectivity index is 0.00000261. The highest BCUT2D eigenvalue weighted by atomic mass is 127. The predicted octanol–water partition coefficient (Wildman–Crippen LogP) is 3.14. The zero-order valence-electron chi connectivity index (χ0n) is 16.1. The Morgan fingerprint density at radius 3 is 2.67 bits per heavy atom. The average Bonchev–Trinajstić information content (AvgIpc) is 3.08. The molecule has 1 aliphatic rings. The highest BCUT2D eigenvalue weighted by Gasteiger charge is 2.27. The molecule has 1 aromatic carbocycles. The van der Waals surface area contributed by atoms with Crippen LogP contribution in [0, 0.1) is 19.8 Å². The van der Waals surface area contributed by atoms with E-state index in [0.29, 0.717) is 30.1 Å². The summed E-state index contributed by atoms with van der Waals surface area (Å²) in [7, 11) is 1.75. The minimum atomic E-state index is 0. The maximum Gasteiger partial charge on any atom is 0.246 e.